The molecule has 26 heavy (non-hydrogen) atoms. The molecule has 0 spiro atoms. The van der Waals surface area contributed by atoms with E-state index in [0.717, 1.165) is 32.1 Å². The topological polar surface area (TPSA) is 59.2 Å². The van der Waals surface area contributed by atoms with Crippen LogP contribution in [0.5, 0.6) is 0 Å². The van der Waals surface area contributed by atoms with Crippen molar-refractivity contribution in [2.24, 2.45) is 0 Å². The number of aryl methyl sites for hydroxylation is 2. The SMILES string of the molecule is CC(C)c1noc(CCC(=O)N(C2CC2)[C@@H]2CCCc3ccccc32)n1. The number of hydrogen-bond acceptors (Lipinski definition) is 4. The Kier molecular flexibility index (Phi) is 4.79. The van der Waals surface area contributed by atoms with Crippen molar-refractivity contribution in [1.82, 2.24) is 15.0 Å². The molecule has 2 aliphatic carbocycles. The molecular formula is C21H27N3O2. The van der Waals surface area contributed by atoms with Crippen LogP contribution in [0.3, 0.4) is 0 Å². The highest BCUT2D eigenvalue weighted by Crippen LogP contribution is 2.41. The molecule has 1 atom stereocenters. The molecule has 1 fully saturated rings. The predicted octanol–water partition coefficient (Wildman–Crippen LogP) is 4.19. The van der Waals surface area contributed by atoms with Gasteiger partial charge in [-0.1, -0.05) is 43.3 Å². The summed E-state index contributed by atoms with van der Waals surface area (Å²) >= 11 is 0. The van der Waals surface area contributed by atoms with E-state index in [4.69, 9.17) is 4.52 Å². The molecule has 0 unspecified atom stereocenters. The van der Waals surface area contributed by atoms with Gasteiger partial charge < -0.3 is 9.42 Å². The molecule has 5 nitrogen and oxygen atoms in total. The Bertz CT molecular complexity index is 779. The molecule has 1 amide bonds. The summed E-state index contributed by atoms with van der Waals surface area (Å²) in [6, 6.07) is 9.25. The molecule has 2 aliphatic rings. The number of amides is 1. The number of rotatable bonds is 6. The third-order valence-corrected chi connectivity index (χ3v) is 5.45. The normalized spacial score (nSPS) is 19.4. The lowest BCUT2D eigenvalue weighted by atomic mass is 9.86. The van der Waals surface area contributed by atoms with Crippen molar-refractivity contribution >= 4 is 5.91 Å². The Hall–Kier alpha value is -2.17. The van der Waals surface area contributed by atoms with Crippen molar-refractivity contribution in [3.05, 3.63) is 47.1 Å². The maximum Gasteiger partial charge on any atom is 0.227 e. The van der Waals surface area contributed by atoms with Crippen molar-refractivity contribution in [2.75, 3.05) is 0 Å². The van der Waals surface area contributed by atoms with Gasteiger partial charge in [0.1, 0.15) is 0 Å². The quantitative estimate of drug-likeness (QED) is 0.781. The average Bonchev–Trinajstić information content (AvgIpc) is 3.36. The summed E-state index contributed by atoms with van der Waals surface area (Å²) in [6.45, 7) is 4.07. The molecule has 138 valence electrons. The standard InChI is InChI=1S/C21H27N3O2/c1-14(2)21-22-19(26-23-21)12-13-20(25)24(16-10-11-16)18-9-5-7-15-6-3-4-8-17(15)18/h3-4,6,8,14,16,18H,5,7,9-13H2,1-2H3/t18-/m1/s1. The van der Waals surface area contributed by atoms with Gasteiger partial charge >= 0.3 is 0 Å². The number of carbonyl (C=O) groups excluding carboxylic acids is 1. The van der Waals surface area contributed by atoms with Gasteiger partial charge in [0.15, 0.2) is 5.82 Å². The minimum atomic E-state index is 0.221. The summed E-state index contributed by atoms with van der Waals surface area (Å²) in [5.74, 6) is 1.75. The van der Waals surface area contributed by atoms with Crippen molar-refractivity contribution in [1.29, 1.82) is 0 Å². The highest BCUT2D eigenvalue weighted by atomic mass is 16.5. The maximum absolute atomic E-state index is 13.1. The van der Waals surface area contributed by atoms with E-state index in [1.807, 2.05) is 13.8 Å². The van der Waals surface area contributed by atoms with Crippen LogP contribution in [0, 0.1) is 0 Å². The van der Waals surface area contributed by atoms with Crippen molar-refractivity contribution in [3.8, 4) is 0 Å². The highest BCUT2D eigenvalue weighted by molar-refractivity contribution is 5.77. The van der Waals surface area contributed by atoms with E-state index >= 15 is 0 Å². The molecule has 0 N–H and O–H groups in total. The van der Waals surface area contributed by atoms with Crippen LogP contribution in [-0.4, -0.2) is 27.0 Å². The van der Waals surface area contributed by atoms with Gasteiger partial charge in [-0.2, -0.15) is 4.98 Å². The molecule has 0 aliphatic heterocycles. The molecule has 0 saturated heterocycles. The second-order valence-electron chi connectivity index (χ2n) is 7.84. The molecule has 4 rings (SSSR count). The van der Waals surface area contributed by atoms with Crippen LogP contribution in [-0.2, 0) is 17.6 Å². The number of aromatic nitrogens is 2. The third-order valence-electron chi connectivity index (χ3n) is 5.45. The van der Waals surface area contributed by atoms with Gasteiger partial charge in [-0.05, 0) is 43.2 Å². The second kappa shape index (κ2) is 7.22. The lowest BCUT2D eigenvalue weighted by Gasteiger charge is -2.36. The van der Waals surface area contributed by atoms with Gasteiger partial charge in [-0.25, -0.2) is 0 Å². The third kappa shape index (κ3) is 3.53. The Morgan fingerprint density at radius 1 is 1.27 bits per heavy atom. The molecule has 1 aromatic heterocycles. The van der Waals surface area contributed by atoms with E-state index in [2.05, 4.69) is 39.3 Å². The van der Waals surface area contributed by atoms with Gasteiger partial charge in [0.05, 0.1) is 6.04 Å². The number of nitrogens with zero attached hydrogens (tertiary/aromatic N) is 3. The van der Waals surface area contributed by atoms with Crippen molar-refractivity contribution in [2.45, 2.75) is 76.8 Å². The zero-order chi connectivity index (χ0) is 18.1. The summed E-state index contributed by atoms with van der Waals surface area (Å²) in [6.07, 6.45) is 6.56. The fraction of sp³-hybridized carbons (Fsp3) is 0.571. The van der Waals surface area contributed by atoms with Crippen LogP contribution in [0.25, 0.3) is 0 Å². The molecule has 0 radical (unpaired) electrons. The molecular weight excluding hydrogens is 326 g/mol. The van der Waals surface area contributed by atoms with E-state index in [1.54, 1.807) is 0 Å². The number of hydrogen-bond donors (Lipinski definition) is 0. The largest absolute Gasteiger partial charge is 0.339 e. The second-order valence-corrected chi connectivity index (χ2v) is 7.84. The minimum Gasteiger partial charge on any atom is -0.339 e. The van der Waals surface area contributed by atoms with Crippen molar-refractivity contribution < 1.29 is 9.32 Å². The lowest BCUT2D eigenvalue weighted by Crippen LogP contribution is -2.38. The predicted molar refractivity (Wildman–Crippen MR) is 98.7 cm³/mol. The molecule has 2 aromatic rings. The van der Waals surface area contributed by atoms with Crippen LogP contribution in [0.4, 0.5) is 0 Å². The van der Waals surface area contributed by atoms with Crippen molar-refractivity contribution in [3.63, 3.8) is 0 Å². The average molecular weight is 353 g/mol. The number of fused-ring (bicyclic) bond motifs is 1. The van der Waals surface area contributed by atoms with Gasteiger partial charge in [-0.3, -0.25) is 4.79 Å². The van der Waals surface area contributed by atoms with Gasteiger partial charge in [0, 0.05) is 24.8 Å². The monoisotopic (exact) mass is 353 g/mol. The van der Waals surface area contributed by atoms with Crippen LogP contribution in [0.2, 0.25) is 0 Å². The first-order chi connectivity index (χ1) is 12.6. The van der Waals surface area contributed by atoms with Gasteiger partial charge in [-0.15, -0.1) is 0 Å². The first kappa shape index (κ1) is 17.3. The van der Waals surface area contributed by atoms with E-state index in [1.165, 1.54) is 11.1 Å². The maximum atomic E-state index is 13.1. The van der Waals surface area contributed by atoms with Gasteiger partial charge in [0.25, 0.3) is 0 Å². The molecule has 1 aromatic carbocycles. The summed E-state index contributed by atoms with van der Waals surface area (Å²) in [5.41, 5.74) is 2.75. The molecule has 5 heteroatoms. The van der Waals surface area contributed by atoms with E-state index in [-0.39, 0.29) is 17.9 Å². The summed E-state index contributed by atoms with van der Waals surface area (Å²) in [7, 11) is 0. The number of carbonyl (C=O) groups is 1. The van der Waals surface area contributed by atoms with Crippen LogP contribution in [0.15, 0.2) is 28.8 Å². The lowest BCUT2D eigenvalue weighted by molar-refractivity contribution is -0.134. The zero-order valence-electron chi connectivity index (χ0n) is 15.6. The highest BCUT2D eigenvalue weighted by Gasteiger charge is 2.39. The van der Waals surface area contributed by atoms with Crippen LogP contribution >= 0.6 is 0 Å². The fourth-order valence-corrected chi connectivity index (χ4v) is 3.95. The van der Waals surface area contributed by atoms with E-state index in [0.29, 0.717) is 30.6 Å². The van der Waals surface area contributed by atoms with Crippen LogP contribution in [0.1, 0.15) is 80.8 Å². The summed E-state index contributed by atoms with van der Waals surface area (Å²) in [5, 5.41) is 3.99. The van der Waals surface area contributed by atoms with Gasteiger partial charge in [0.2, 0.25) is 11.8 Å². The smallest absolute Gasteiger partial charge is 0.227 e. The fourth-order valence-electron chi connectivity index (χ4n) is 3.95. The minimum absolute atomic E-state index is 0.221. The first-order valence-corrected chi connectivity index (χ1v) is 9.85. The Morgan fingerprint density at radius 3 is 2.81 bits per heavy atom. The summed E-state index contributed by atoms with van der Waals surface area (Å²) < 4.78 is 5.30. The Balaban J connectivity index is 1.47. The molecule has 0 bridgehead atoms. The van der Waals surface area contributed by atoms with E-state index < -0.39 is 0 Å². The van der Waals surface area contributed by atoms with Crippen LogP contribution < -0.4 is 0 Å². The number of benzene rings is 1. The van der Waals surface area contributed by atoms with E-state index in [9.17, 15) is 4.79 Å². The molecule has 1 heterocycles. The summed E-state index contributed by atoms with van der Waals surface area (Å²) in [4.78, 5) is 19.6. The Morgan fingerprint density at radius 2 is 2.08 bits per heavy atom. The molecule has 1 saturated carbocycles. The zero-order valence-corrected chi connectivity index (χ0v) is 15.6. The first-order valence-electron chi connectivity index (χ1n) is 9.85. The Labute approximate surface area is 154 Å².